The van der Waals surface area contributed by atoms with Crippen LogP contribution >= 0.6 is 23.2 Å². The van der Waals surface area contributed by atoms with E-state index >= 15 is 0 Å². The molecule has 4 saturated carbocycles. The first kappa shape index (κ1) is 14.7. The molecule has 118 valence electrons. The van der Waals surface area contributed by atoms with Crippen LogP contribution in [-0.2, 0) is 0 Å². The molecule has 5 rings (SSSR count). The Labute approximate surface area is 139 Å². The predicted octanol–water partition coefficient (Wildman–Crippen LogP) is 4.61. The van der Waals surface area contributed by atoms with Gasteiger partial charge in [-0.1, -0.05) is 23.2 Å². The lowest BCUT2D eigenvalue weighted by Crippen LogP contribution is -2.53. The highest BCUT2D eigenvalue weighted by Gasteiger charge is 2.53. The molecular weight excluding hydrogens is 321 g/mol. The average Bonchev–Trinajstić information content (AvgIpc) is 2.46. The van der Waals surface area contributed by atoms with Gasteiger partial charge in [-0.3, -0.25) is 10.7 Å². The highest BCUT2D eigenvalue weighted by molar-refractivity contribution is 6.42. The van der Waals surface area contributed by atoms with E-state index in [9.17, 15) is 5.21 Å². The van der Waals surface area contributed by atoms with E-state index in [2.05, 4.69) is 15.5 Å². The molecule has 2 N–H and O–H groups in total. The molecule has 1 aromatic rings. The molecule has 1 heterocycles. The van der Waals surface area contributed by atoms with Crippen molar-refractivity contribution >= 4 is 34.9 Å². The molecule has 22 heavy (non-hydrogen) atoms. The molecular formula is C16H19Cl2N3O. The molecule has 0 amide bonds. The van der Waals surface area contributed by atoms with Gasteiger partial charge >= 0.3 is 0 Å². The lowest BCUT2D eigenvalue weighted by molar-refractivity contribution is -0.0182. The number of aliphatic imine (C=N–C) groups is 1. The fourth-order valence-electron chi connectivity index (χ4n) is 5.24. The molecule has 0 aromatic carbocycles. The number of halogens is 2. The Morgan fingerprint density at radius 3 is 2.23 bits per heavy atom. The average molecular weight is 340 g/mol. The third-order valence-electron chi connectivity index (χ3n) is 5.67. The predicted molar refractivity (Wildman–Crippen MR) is 86.9 cm³/mol. The van der Waals surface area contributed by atoms with Crippen LogP contribution in [-0.4, -0.2) is 16.0 Å². The molecule has 6 heteroatoms. The number of hydrogen-bond acceptors (Lipinski definition) is 3. The molecule has 0 spiro atoms. The maximum atomic E-state index is 9.70. The summed E-state index contributed by atoms with van der Waals surface area (Å²) < 4.78 is 0. The van der Waals surface area contributed by atoms with Gasteiger partial charge in [-0.15, -0.1) is 0 Å². The van der Waals surface area contributed by atoms with Crippen molar-refractivity contribution in [1.29, 1.82) is 0 Å². The van der Waals surface area contributed by atoms with Crippen LogP contribution in [0.2, 0.25) is 10.0 Å². The zero-order chi connectivity index (χ0) is 15.3. The Morgan fingerprint density at radius 2 is 1.73 bits per heavy atom. The van der Waals surface area contributed by atoms with Crippen molar-refractivity contribution in [2.24, 2.45) is 28.2 Å². The summed E-state index contributed by atoms with van der Waals surface area (Å²) in [4.78, 5) is 8.77. The minimum atomic E-state index is -0.0166. The van der Waals surface area contributed by atoms with Crippen molar-refractivity contribution in [3.8, 4) is 0 Å². The second kappa shape index (κ2) is 5.36. The molecule has 4 aliphatic carbocycles. The van der Waals surface area contributed by atoms with Gasteiger partial charge in [-0.05, 0) is 56.3 Å². The van der Waals surface area contributed by atoms with Crippen molar-refractivity contribution < 1.29 is 5.21 Å². The van der Waals surface area contributed by atoms with E-state index in [1.165, 1.54) is 25.5 Å². The minimum Gasteiger partial charge on any atom is -0.290 e. The molecule has 0 atom stereocenters. The molecule has 4 fully saturated rings. The minimum absolute atomic E-state index is 0.0166. The summed E-state index contributed by atoms with van der Waals surface area (Å²) in [5.74, 6) is 3.49. The van der Waals surface area contributed by atoms with Gasteiger partial charge in [0.25, 0.3) is 0 Å². The smallest absolute Gasteiger partial charge is 0.155 e. The summed E-state index contributed by atoms with van der Waals surface area (Å²) in [6.07, 6.45) is 8.90. The fourth-order valence-corrected chi connectivity index (χ4v) is 5.49. The molecule has 1 aromatic heterocycles. The summed E-state index contributed by atoms with van der Waals surface area (Å²) in [7, 11) is 0. The number of hydroxylamine groups is 1. The first-order chi connectivity index (χ1) is 10.6. The van der Waals surface area contributed by atoms with Crippen LogP contribution in [0, 0.1) is 23.2 Å². The second-order valence-electron chi connectivity index (χ2n) is 7.23. The van der Waals surface area contributed by atoms with E-state index < -0.39 is 0 Å². The van der Waals surface area contributed by atoms with Gasteiger partial charge in [0.1, 0.15) is 5.84 Å². The lowest BCUT2D eigenvalue weighted by Gasteiger charge is -2.56. The van der Waals surface area contributed by atoms with Crippen LogP contribution in [0.25, 0.3) is 0 Å². The molecule has 4 nitrogen and oxygen atoms in total. The molecule has 0 aliphatic heterocycles. The van der Waals surface area contributed by atoms with Gasteiger partial charge in [0, 0.05) is 17.7 Å². The van der Waals surface area contributed by atoms with Gasteiger partial charge in [0.05, 0.1) is 10.0 Å². The van der Waals surface area contributed by atoms with Crippen molar-refractivity contribution in [3.05, 3.63) is 22.3 Å². The van der Waals surface area contributed by atoms with Crippen LogP contribution in [0.5, 0.6) is 0 Å². The standard InChI is InChI=1S/C16H19Cl2N3O/c17-12-4-14(19-8-13(12)18)20-15(21-22)16-5-9-1-10(6-16)3-11(2-9)7-16/h4,8-11,22H,1-3,5-7H2,(H,19,20,21). The van der Waals surface area contributed by atoms with E-state index in [0.29, 0.717) is 21.7 Å². The lowest BCUT2D eigenvalue weighted by atomic mass is 9.49. The topological polar surface area (TPSA) is 57.5 Å². The summed E-state index contributed by atoms with van der Waals surface area (Å²) >= 11 is 11.9. The summed E-state index contributed by atoms with van der Waals surface area (Å²) in [6, 6.07) is 1.64. The van der Waals surface area contributed by atoms with E-state index in [1.807, 2.05) is 0 Å². The van der Waals surface area contributed by atoms with Gasteiger partial charge in [-0.25, -0.2) is 9.98 Å². The van der Waals surface area contributed by atoms with Crippen molar-refractivity contribution in [2.75, 3.05) is 0 Å². The zero-order valence-electron chi connectivity index (χ0n) is 12.2. The maximum absolute atomic E-state index is 9.70. The van der Waals surface area contributed by atoms with Gasteiger partial charge in [0.15, 0.2) is 5.82 Å². The van der Waals surface area contributed by atoms with Crippen LogP contribution in [0.15, 0.2) is 17.3 Å². The van der Waals surface area contributed by atoms with Crippen molar-refractivity contribution in [1.82, 2.24) is 10.5 Å². The van der Waals surface area contributed by atoms with E-state index in [1.54, 1.807) is 6.07 Å². The van der Waals surface area contributed by atoms with E-state index in [4.69, 9.17) is 23.2 Å². The van der Waals surface area contributed by atoms with E-state index in [-0.39, 0.29) is 5.41 Å². The number of amidine groups is 1. The van der Waals surface area contributed by atoms with Crippen LogP contribution in [0.3, 0.4) is 0 Å². The maximum Gasteiger partial charge on any atom is 0.155 e. The quantitative estimate of drug-likeness (QED) is 0.469. The number of rotatable bonds is 2. The summed E-state index contributed by atoms with van der Waals surface area (Å²) in [5.41, 5.74) is 2.36. The molecule has 0 saturated heterocycles. The second-order valence-corrected chi connectivity index (χ2v) is 8.04. The van der Waals surface area contributed by atoms with Crippen LogP contribution in [0.4, 0.5) is 5.82 Å². The number of nitrogens with zero attached hydrogens (tertiary/aromatic N) is 2. The largest absolute Gasteiger partial charge is 0.290 e. The summed E-state index contributed by atoms with van der Waals surface area (Å²) in [6.45, 7) is 0. The Morgan fingerprint density at radius 1 is 1.14 bits per heavy atom. The van der Waals surface area contributed by atoms with Crippen molar-refractivity contribution in [3.63, 3.8) is 0 Å². The monoisotopic (exact) mass is 339 g/mol. The molecule has 0 radical (unpaired) electrons. The number of pyridine rings is 1. The SMILES string of the molecule is ONC(=Nc1cc(Cl)c(Cl)cn1)C12CC3CC(CC(C3)C1)C2. The first-order valence-electron chi connectivity index (χ1n) is 7.88. The third-order valence-corrected chi connectivity index (χ3v) is 6.38. The highest BCUT2D eigenvalue weighted by Crippen LogP contribution is 2.60. The highest BCUT2D eigenvalue weighted by atomic mass is 35.5. The van der Waals surface area contributed by atoms with Gasteiger partial charge < -0.3 is 0 Å². The first-order valence-corrected chi connectivity index (χ1v) is 8.64. The normalized spacial score (nSPS) is 36.7. The van der Waals surface area contributed by atoms with Gasteiger partial charge in [-0.2, -0.15) is 0 Å². The fraction of sp³-hybridized carbons (Fsp3) is 0.625. The zero-order valence-corrected chi connectivity index (χ0v) is 13.7. The Balaban J connectivity index is 1.69. The number of nitrogens with one attached hydrogen (secondary N) is 1. The number of aromatic nitrogens is 1. The van der Waals surface area contributed by atoms with Crippen molar-refractivity contribution in [2.45, 2.75) is 38.5 Å². The molecule has 4 bridgehead atoms. The number of hydrogen-bond donors (Lipinski definition) is 2. The van der Waals surface area contributed by atoms with Crippen LogP contribution < -0.4 is 5.48 Å². The Kier molecular flexibility index (Phi) is 3.59. The van der Waals surface area contributed by atoms with E-state index in [0.717, 1.165) is 37.0 Å². The Bertz CT molecular complexity index is 597. The summed E-state index contributed by atoms with van der Waals surface area (Å²) in [5, 5.41) is 10.5. The molecule has 4 aliphatic rings. The van der Waals surface area contributed by atoms with Gasteiger partial charge in [0.2, 0.25) is 0 Å². The van der Waals surface area contributed by atoms with Crippen LogP contribution in [0.1, 0.15) is 38.5 Å². The molecule has 0 unspecified atom stereocenters. The Hall–Kier alpha value is -0.840. The third kappa shape index (κ3) is 2.41.